The van der Waals surface area contributed by atoms with Gasteiger partial charge in [0.25, 0.3) is 0 Å². The molecule has 1 aromatic carbocycles. The lowest BCUT2D eigenvalue weighted by Crippen LogP contribution is -2.44. The van der Waals surface area contributed by atoms with Gasteiger partial charge in [-0.15, -0.1) is 0 Å². The van der Waals surface area contributed by atoms with Gasteiger partial charge in [-0.25, -0.2) is 0 Å². The van der Waals surface area contributed by atoms with Crippen molar-refractivity contribution < 1.29 is 5.11 Å². The van der Waals surface area contributed by atoms with Crippen LogP contribution in [-0.2, 0) is 6.54 Å². The third kappa shape index (κ3) is 3.55. The van der Waals surface area contributed by atoms with Crippen molar-refractivity contribution in [1.29, 1.82) is 0 Å². The third-order valence-corrected chi connectivity index (χ3v) is 3.85. The van der Waals surface area contributed by atoms with Gasteiger partial charge < -0.3 is 10.8 Å². The quantitative estimate of drug-likeness (QED) is 0.849. The molecule has 1 aromatic rings. The fraction of sp³-hybridized carbons (Fsp3) is 0.600. The fourth-order valence-corrected chi connectivity index (χ4v) is 2.80. The molecule has 18 heavy (non-hydrogen) atoms. The molecule has 1 heterocycles. The molecular weight excluding hydrogens is 224 g/mol. The minimum atomic E-state index is -0.0645. The first-order valence-corrected chi connectivity index (χ1v) is 6.83. The van der Waals surface area contributed by atoms with Crippen LogP contribution in [-0.4, -0.2) is 35.7 Å². The van der Waals surface area contributed by atoms with Crippen LogP contribution >= 0.6 is 0 Å². The van der Waals surface area contributed by atoms with E-state index in [1.54, 1.807) is 0 Å². The standard InChI is InChI=1S/C15H24N2O/c1-12-4-2-5-13(8-12)9-17-7-3-6-14(10-17)15(16)11-18/h2,4-5,8,14-15,18H,3,6-7,9-11,16H2,1H3. The summed E-state index contributed by atoms with van der Waals surface area (Å²) in [4.78, 5) is 2.46. The second-order valence-corrected chi connectivity index (χ2v) is 5.47. The Morgan fingerprint density at radius 2 is 2.33 bits per heavy atom. The monoisotopic (exact) mass is 248 g/mol. The molecule has 2 unspecified atom stereocenters. The second kappa shape index (κ2) is 6.32. The number of aryl methyl sites for hydroxylation is 1. The molecule has 0 bridgehead atoms. The largest absolute Gasteiger partial charge is 0.395 e. The Morgan fingerprint density at radius 3 is 3.06 bits per heavy atom. The van der Waals surface area contributed by atoms with Gasteiger partial charge in [0.05, 0.1) is 6.61 Å². The Labute approximate surface area is 110 Å². The lowest BCUT2D eigenvalue weighted by atomic mass is 9.91. The number of hydrogen-bond acceptors (Lipinski definition) is 3. The number of hydrogen-bond donors (Lipinski definition) is 2. The molecule has 0 saturated carbocycles. The fourth-order valence-electron chi connectivity index (χ4n) is 2.80. The maximum atomic E-state index is 9.16. The molecule has 3 nitrogen and oxygen atoms in total. The average Bonchev–Trinajstić information content (AvgIpc) is 2.38. The van der Waals surface area contributed by atoms with E-state index in [0.717, 1.165) is 26.1 Å². The van der Waals surface area contributed by atoms with Gasteiger partial charge in [-0.3, -0.25) is 4.90 Å². The highest BCUT2D eigenvalue weighted by molar-refractivity contribution is 5.22. The predicted octanol–water partition coefficient (Wildman–Crippen LogP) is 1.53. The number of nitrogens with two attached hydrogens (primary N) is 1. The van der Waals surface area contributed by atoms with Crippen molar-refractivity contribution in [2.75, 3.05) is 19.7 Å². The number of aliphatic hydroxyl groups excluding tert-OH is 1. The summed E-state index contributed by atoms with van der Waals surface area (Å²) in [6.45, 7) is 5.38. The highest BCUT2D eigenvalue weighted by atomic mass is 16.3. The molecule has 0 spiro atoms. The topological polar surface area (TPSA) is 49.5 Å². The van der Waals surface area contributed by atoms with Gasteiger partial charge in [-0.2, -0.15) is 0 Å². The first kappa shape index (κ1) is 13.5. The van der Waals surface area contributed by atoms with E-state index in [9.17, 15) is 0 Å². The molecule has 3 heteroatoms. The van der Waals surface area contributed by atoms with Crippen LogP contribution in [0.15, 0.2) is 24.3 Å². The van der Waals surface area contributed by atoms with Crippen LogP contribution in [0.2, 0.25) is 0 Å². The molecule has 3 N–H and O–H groups in total. The highest BCUT2D eigenvalue weighted by Crippen LogP contribution is 2.20. The van der Waals surface area contributed by atoms with Crippen LogP contribution in [0, 0.1) is 12.8 Å². The summed E-state index contributed by atoms with van der Waals surface area (Å²) in [5, 5.41) is 9.16. The molecule has 0 amide bonds. The van der Waals surface area contributed by atoms with Crippen molar-refractivity contribution >= 4 is 0 Å². The van der Waals surface area contributed by atoms with Crippen molar-refractivity contribution in [1.82, 2.24) is 4.90 Å². The summed E-state index contributed by atoms with van der Waals surface area (Å²) in [7, 11) is 0. The molecule has 100 valence electrons. The molecule has 0 aliphatic carbocycles. The number of nitrogens with zero attached hydrogens (tertiary/aromatic N) is 1. The summed E-state index contributed by atoms with van der Waals surface area (Å²) in [5.41, 5.74) is 8.63. The SMILES string of the molecule is Cc1cccc(CN2CCCC(C(N)CO)C2)c1. The molecule has 1 aliphatic heterocycles. The van der Waals surface area contributed by atoms with E-state index < -0.39 is 0 Å². The Hall–Kier alpha value is -0.900. The van der Waals surface area contributed by atoms with Crippen molar-refractivity contribution in [3.63, 3.8) is 0 Å². The number of likely N-dealkylation sites (tertiary alicyclic amines) is 1. The van der Waals surface area contributed by atoms with Crippen LogP contribution in [0.25, 0.3) is 0 Å². The minimum absolute atomic E-state index is 0.0645. The molecule has 2 atom stereocenters. The summed E-state index contributed by atoms with van der Waals surface area (Å²) in [6, 6.07) is 8.61. The average molecular weight is 248 g/mol. The van der Waals surface area contributed by atoms with Gasteiger partial charge >= 0.3 is 0 Å². The van der Waals surface area contributed by atoms with Gasteiger partial charge in [-0.1, -0.05) is 29.8 Å². The van der Waals surface area contributed by atoms with Gasteiger partial charge in [0.2, 0.25) is 0 Å². The molecule has 2 rings (SSSR count). The number of aliphatic hydroxyl groups is 1. The third-order valence-electron chi connectivity index (χ3n) is 3.85. The van der Waals surface area contributed by atoms with Crippen LogP contribution in [0.4, 0.5) is 0 Å². The van der Waals surface area contributed by atoms with Crippen molar-refractivity contribution in [3.8, 4) is 0 Å². The first-order valence-electron chi connectivity index (χ1n) is 6.83. The van der Waals surface area contributed by atoms with Gasteiger partial charge in [0.1, 0.15) is 0 Å². The molecule has 1 saturated heterocycles. The molecule has 1 aliphatic rings. The zero-order valence-corrected chi connectivity index (χ0v) is 11.2. The zero-order valence-electron chi connectivity index (χ0n) is 11.2. The van der Waals surface area contributed by atoms with Crippen LogP contribution in [0.1, 0.15) is 24.0 Å². The Morgan fingerprint density at radius 1 is 1.50 bits per heavy atom. The summed E-state index contributed by atoms with van der Waals surface area (Å²) >= 11 is 0. The lowest BCUT2D eigenvalue weighted by molar-refractivity contribution is 0.125. The summed E-state index contributed by atoms with van der Waals surface area (Å²) < 4.78 is 0. The van der Waals surface area contributed by atoms with E-state index in [1.165, 1.54) is 17.5 Å². The van der Waals surface area contributed by atoms with Crippen LogP contribution in [0.3, 0.4) is 0 Å². The molecular formula is C15H24N2O. The van der Waals surface area contributed by atoms with Crippen LogP contribution < -0.4 is 5.73 Å². The van der Waals surface area contributed by atoms with Gasteiger partial charge in [0.15, 0.2) is 0 Å². The number of benzene rings is 1. The maximum Gasteiger partial charge on any atom is 0.0585 e. The Balaban J connectivity index is 1.93. The van der Waals surface area contributed by atoms with Crippen molar-refractivity contribution in [2.45, 2.75) is 32.4 Å². The summed E-state index contributed by atoms with van der Waals surface area (Å²) in [5.74, 6) is 0.438. The van der Waals surface area contributed by atoms with Crippen molar-refractivity contribution in [3.05, 3.63) is 35.4 Å². The highest BCUT2D eigenvalue weighted by Gasteiger charge is 2.24. The second-order valence-electron chi connectivity index (χ2n) is 5.47. The van der Waals surface area contributed by atoms with Crippen LogP contribution in [0.5, 0.6) is 0 Å². The predicted molar refractivity (Wildman–Crippen MR) is 74.2 cm³/mol. The smallest absolute Gasteiger partial charge is 0.0585 e. The normalized spacial score (nSPS) is 22.9. The van der Waals surface area contributed by atoms with E-state index in [1.807, 2.05) is 0 Å². The number of rotatable bonds is 4. The molecule has 0 radical (unpaired) electrons. The number of piperidine rings is 1. The van der Waals surface area contributed by atoms with Crippen molar-refractivity contribution in [2.24, 2.45) is 11.7 Å². The van der Waals surface area contributed by atoms with Gasteiger partial charge in [0, 0.05) is 19.1 Å². The van der Waals surface area contributed by atoms with E-state index in [0.29, 0.717) is 5.92 Å². The van der Waals surface area contributed by atoms with E-state index in [-0.39, 0.29) is 12.6 Å². The molecule has 1 fully saturated rings. The zero-order chi connectivity index (χ0) is 13.0. The van der Waals surface area contributed by atoms with Gasteiger partial charge in [-0.05, 0) is 37.8 Å². The van der Waals surface area contributed by atoms with E-state index in [4.69, 9.17) is 10.8 Å². The lowest BCUT2D eigenvalue weighted by Gasteiger charge is -2.35. The Kier molecular flexibility index (Phi) is 4.75. The minimum Gasteiger partial charge on any atom is -0.395 e. The van der Waals surface area contributed by atoms with E-state index >= 15 is 0 Å². The maximum absolute atomic E-state index is 9.16. The summed E-state index contributed by atoms with van der Waals surface area (Å²) in [6.07, 6.45) is 2.33. The molecule has 0 aromatic heterocycles. The Bertz CT molecular complexity index is 381. The van der Waals surface area contributed by atoms with E-state index in [2.05, 4.69) is 36.1 Å². The first-order chi connectivity index (χ1) is 8.69.